The fourth-order valence-corrected chi connectivity index (χ4v) is 9.77. The molecule has 3 aromatic rings. The smallest absolute Gasteiger partial charge is 0.279 e. The first-order valence-electron chi connectivity index (χ1n) is 13.1. The maximum Gasteiger partial charge on any atom is 0.279 e. The molecule has 3 aromatic carbocycles. The van der Waals surface area contributed by atoms with Crippen LogP contribution in [0.4, 0.5) is 5.69 Å². The van der Waals surface area contributed by atoms with E-state index < -0.39 is 20.0 Å². The highest BCUT2D eigenvalue weighted by Gasteiger charge is 2.39. The van der Waals surface area contributed by atoms with Gasteiger partial charge in [-0.25, -0.2) is 0 Å². The molecule has 5 rings (SSSR count). The zero-order chi connectivity index (χ0) is 28.3. The van der Waals surface area contributed by atoms with Crippen LogP contribution < -0.4 is 3.71 Å². The fraction of sp³-hybridized carbons (Fsp3) is 0.357. The molecule has 0 aliphatic carbocycles. The van der Waals surface area contributed by atoms with Gasteiger partial charge in [0.1, 0.15) is 9.79 Å². The van der Waals surface area contributed by atoms with Crippen LogP contribution in [0.15, 0.2) is 82.6 Å². The highest BCUT2D eigenvalue weighted by molar-refractivity contribution is 8.10. The topological polar surface area (TPSA) is 87.2 Å². The van der Waals surface area contributed by atoms with Gasteiger partial charge < -0.3 is 4.74 Å². The number of halogens is 2. The molecule has 40 heavy (non-hydrogen) atoms. The number of sulfonamides is 2. The Bertz CT molecular complexity index is 1480. The van der Waals surface area contributed by atoms with E-state index in [0.717, 1.165) is 57.7 Å². The van der Waals surface area contributed by atoms with E-state index in [0.29, 0.717) is 16.4 Å². The SMILES string of the molecule is O=S(=O)(c1ccccc1Cl)N(c1cccc(CN2CCN(CC3CCCO3)CC2)c1)S(=O)(=O)c1ccccc1Cl. The van der Waals surface area contributed by atoms with Crippen LogP contribution in [-0.4, -0.2) is 72.1 Å². The monoisotopic (exact) mass is 623 g/mol. The summed E-state index contributed by atoms with van der Waals surface area (Å²) >= 11 is 12.5. The van der Waals surface area contributed by atoms with Gasteiger partial charge >= 0.3 is 0 Å². The van der Waals surface area contributed by atoms with Crippen molar-refractivity contribution in [2.45, 2.75) is 35.3 Å². The molecule has 214 valence electrons. The van der Waals surface area contributed by atoms with Crippen molar-refractivity contribution < 1.29 is 21.6 Å². The van der Waals surface area contributed by atoms with Crippen LogP contribution in [0.5, 0.6) is 0 Å². The van der Waals surface area contributed by atoms with Crippen LogP contribution in [0.2, 0.25) is 10.0 Å². The van der Waals surface area contributed by atoms with Crippen LogP contribution >= 0.6 is 23.2 Å². The van der Waals surface area contributed by atoms with E-state index in [4.69, 9.17) is 27.9 Å². The third kappa shape index (κ3) is 6.33. The van der Waals surface area contributed by atoms with Crippen LogP contribution in [0.3, 0.4) is 0 Å². The van der Waals surface area contributed by atoms with E-state index >= 15 is 0 Å². The predicted molar refractivity (Wildman–Crippen MR) is 157 cm³/mol. The molecule has 0 bridgehead atoms. The van der Waals surface area contributed by atoms with Gasteiger partial charge in [0.15, 0.2) is 0 Å². The minimum atomic E-state index is -4.65. The first kappa shape index (κ1) is 29.3. The summed E-state index contributed by atoms with van der Waals surface area (Å²) in [6, 6.07) is 18.1. The molecule has 0 saturated carbocycles. The van der Waals surface area contributed by atoms with Crippen LogP contribution in [-0.2, 0) is 31.3 Å². The molecular formula is C28H31Cl2N3O5S2. The molecule has 0 spiro atoms. The second-order valence-electron chi connectivity index (χ2n) is 9.95. The molecule has 2 aliphatic heterocycles. The van der Waals surface area contributed by atoms with Gasteiger partial charge in [-0.05, 0) is 54.8 Å². The van der Waals surface area contributed by atoms with E-state index in [9.17, 15) is 16.8 Å². The molecule has 2 heterocycles. The average molecular weight is 625 g/mol. The second kappa shape index (κ2) is 12.4. The number of nitrogens with zero attached hydrogens (tertiary/aromatic N) is 3. The Morgan fingerprint density at radius 1 is 0.775 bits per heavy atom. The lowest BCUT2D eigenvalue weighted by molar-refractivity contribution is 0.0489. The Kier molecular flexibility index (Phi) is 9.06. The van der Waals surface area contributed by atoms with Crippen molar-refractivity contribution in [3.8, 4) is 0 Å². The number of hydrogen-bond acceptors (Lipinski definition) is 7. The van der Waals surface area contributed by atoms with Crippen LogP contribution in [0.1, 0.15) is 18.4 Å². The normalized spacial score (nSPS) is 19.1. The maximum absolute atomic E-state index is 14.0. The van der Waals surface area contributed by atoms with Crippen LogP contribution in [0, 0.1) is 0 Å². The maximum atomic E-state index is 14.0. The highest BCUT2D eigenvalue weighted by Crippen LogP contribution is 2.36. The Hall–Kier alpha value is -2.18. The predicted octanol–water partition coefficient (Wildman–Crippen LogP) is 4.87. The summed E-state index contributed by atoms with van der Waals surface area (Å²) in [5.41, 5.74) is 0.771. The number of ether oxygens (including phenoxy) is 1. The lowest BCUT2D eigenvalue weighted by Crippen LogP contribution is -2.48. The minimum Gasteiger partial charge on any atom is -0.377 e. The van der Waals surface area contributed by atoms with Crippen molar-refractivity contribution in [2.75, 3.05) is 43.0 Å². The van der Waals surface area contributed by atoms with Crippen molar-refractivity contribution in [2.24, 2.45) is 0 Å². The van der Waals surface area contributed by atoms with E-state index in [1.54, 1.807) is 24.3 Å². The molecular weight excluding hydrogens is 593 g/mol. The summed E-state index contributed by atoms with van der Waals surface area (Å²) in [4.78, 5) is 4.05. The lowest BCUT2D eigenvalue weighted by atomic mass is 10.1. The van der Waals surface area contributed by atoms with E-state index in [-0.39, 0.29) is 25.5 Å². The largest absolute Gasteiger partial charge is 0.377 e. The Labute approximate surface area is 246 Å². The van der Waals surface area contributed by atoms with Gasteiger partial charge in [0.2, 0.25) is 0 Å². The van der Waals surface area contributed by atoms with Gasteiger partial charge in [-0.3, -0.25) is 9.80 Å². The Morgan fingerprint density at radius 3 is 1.90 bits per heavy atom. The molecule has 2 aliphatic rings. The zero-order valence-corrected chi connectivity index (χ0v) is 25.0. The summed E-state index contributed by atoms with van der Waals surface area (Å²) in [5, 5.41) is -0.169. The number of benzene rings is 3. The van der Waals surface area contributed by atoms with Crippen LogP contribution in [0.25, 0.3) is 0 Å². The molecule has 0 amide bonds. The van der Waals surface area contributed by atoms with E-state index in [1.807, 2.05) is 6.07 Å². The first-order valence-corrected chi connectivity index (χ1v) is 16.7. The standard InChI is InChI=1S/C28H31Cl2N3O5S2/c29-25-10-1-3-12-27(25)39(34,35)33(40(36,37)28-13-4-2-11-26(28)30)23-8-5-7-22(19-23)20-31-14-16-32(17-15-31)21-24-9-6-18-38-24/h1-5,7-8,10-13,19,24H,6,9,14-18,20-21H2. The van der Waals surface area contributed by atoms with E-state index in [2.05, 4.69) is 9.80 Å². The number of anilines is 1. The summed E-state index contributed by atoms with van der Waals surface area (Å²) in [5.74, 6) is 0. The Balaban J connectivity index is 1.44. The first-order chi connectivity index (χ1) is 19.2. The summed E-state index contributed by atoms with van der Waals surface area (Å²) in [7, 11) is -9.31. The summed E-state index contributed by atoms with van der Waals surface area (Å²) in [6.45, 7) is 5.84. The Morgan fingerprint density at radius 2 is 1.35 bits per heavy atom. The van der Waals surface area contributed by atoms with Gasteiger partial charge in [0.05, 0.1) is 21.8 Å². The lowest BCUT2D eigenvalue weighted by Gasteiger charge is -2.35. The number of hydrogen-bond donors (Lipinski definition) is 0. The molecule has 0 radical (unpaired) electrons. The van der Waals surface area contributed by atoms with Gasteiger partial charge in [0.25, 0.3) is 20.0 Å². The van der Waals surface area contributed by atoms with Crippen molar-refractivity contribution in [3.05, 3.63) is 88.4 Å². The highest BCUT2D eigenvalue weighted by atomic mass is 35.5. The van der Waals surface area contributed by atoms with Crippen molar-refractivity contribution >= 4 is 48.9 Å². The zero-order valence-electron chi connectivity index (χ0n) is 21.8. The van der Waals surface area contributed by atoms with Crippen molar-refractivity contribution in [1.82, 2.24) is 9.80 Å². The van der Waals surface area contributed by atoms with Crippen molar-refractivity contribution in [1.29, 1.82) is 0 Å². The summed E-state index contributed by atoms with van der Waals surface area (Å²) < 4.78 is 62.0. The molecule has 12 heteroatoms. The number of piperazine rings is 1. The molecule has 2 fully saturated rings. The van der Waals surface area contributed by atoms with Gasteiger partial charge in [-0.1, -0.05) is 59.6 Å². The second-order valence-corrected chi connectivity index (χ2v) is 14.5. The molecule has 0 N–H and O–H groups in total. The van der Waals surface area contributed by atoms with E-state index in [1.165, 1.54) is 42.5 Å². The van der Waals surface area contributed by atoms with Gasteiger partial charge in [-0.2, -0.15) is 20.5 Å². The number of rotatable bonds is 9. The molecule has 1 atom stereocenters. The molecule has 8 nitrogen and oxygen atoms in total. The molecule has 1 unspecified atom stereocenters. The quantitative estimate of drug-likeness (QED) is 0.336. The molecule has 0 aromatic heterocycles. The van der Waals surface area contributed by atoms with Crippen molar-refractivity contribution in [3.63, 3.8) is 0 Å². The third-order valence-electron chi connectivity index (χ3n) is 7.14. The fourth-order valence-electron chi connectivity index (χ4n) is 5.13. The third-order valence-corrected chi connectivity index (χ3v) is 12.3. The van der Waals surface area contributed by atoms with Gasteiger partial charge in [0, 0.05) is 45.9 Å². The van der Waals surface area contributed by atoms with Gasteiger partial charge in [-0.15, -0.1) is 0 Å². The molecule has 2 saturated heterocycles. The summed E-state index contributed by atoms with van der Waals surface area (Å²) in [6.07, 6.45) is 2.54. The minimum absolute atomic E-state index is 0.0191. The average Bonchev–Trinajstić information content (AvgIpc) is 3.43.